The number of nitrogens with zero attached hydrogens (tertiary/aromatic N) is 2. The summed E-state index contributed by atoms with van der Waals surface area (Å²) in [5.41, 5.74) is 2.98. The van der Waals surface area contributed by atoms with Gasteiger partial charge in [0.25, 0.3) is 5.91 Å². The fourth-order valence-electron chi connectivity index (χ4n) is 2.98. The van der Waals surface area contributed by atoms with Gasteiger partial charge in [-0.05, 0) is 37.1 Å². The van der Waals surface area contributed by atoms with Crippen molar-refractivity contribution < 1.29 is 19.5 Å². The summed E-state index contributed by atoms with van der Waals surface area (Å²) >= 11 is 0. The van der Waals surface area contributed by atoms with E-state index in [-0.39, 0.29) is 6.42 Å². The van der Waals surface area contributed by atoms with E-state index in [1.807, 2.05) is 31.2 Å². The number of hydrogen-bond acceptors (Lipinski definition) is 5. The second-order valence-corrected chi connectivity index (χ2v) is 7.45. The standard InChI is InChI=1S/C24H24N4O4/c1-15-13-25-21(26-14-15)18-10-8-17(9-11-18)12-20(23(30)27-16(2)24(31)32)28-22(29)19-6-4-3-5-7-19/h3-11,13-14,16,20H,12H2,1-2H3,(H,27,30)(H,28,29)(H,31,32). The largest absolute Gasteiger partial charge is 0.480 e. The predicted molar refractivity (Wildman–Crippen MR) is 119 cm³/mol. The van der Waals surface area contributed by atoms with Gasteiger partial charge in [-0.15, -0.1) is 0 Å². The third kappa shape index (κ3) is 5.98. The van der Waals surface area contributed by atoms with Crippen molar-refractivity contribution in [2.45, 2.75) is 32.4 Å². The minimum Gasteiger partial charge on any atom is -0.480 e. The summed E-state index contributed by atoms with van der Waals surface area (Å²) in [6, 6.07) is 13.8. The Kier molecular flexibility index (Phi) is 7.28. The molecule has 3 N–H and O–H groups in total. The van der Waals surface area contributed by atoms with E-state index in [2.05, 4.69) is 20.6 Å². The molecular weight excluding hydrogens is 408 g/mol. The van der Waals surface area contributed by atoms with Crippen LogP contribution in [0.25, 0.3) is 11.4 Å². The number of benzene rings is 2. The molecule has 0 saturated heterocycles. The number of carboxylic acid groups (broad SMARTS) is 1. The Hall–Kier alpha value is -4.07. The van der Waals surface area contributed by atoms with Crippen LogP contribution < -0.4 is 10.6 Å². The molecule has 2 atom stereocenters. The first kappa shape index (κ1) is 22.6. The molecule has 0 spiro atoms. The van der Waals surface area contributed by atoms with Gasteiger partial charge in [-0.25, -0.2) is 9.97 Å². The molecule has 0 aliphatic heterocycles. The van der Waals surface area contributed by atoms with Crippen LogP contribution in [0.4, 0.5) is 0 Å². The molecule has 0 bridgehead atoms. The molecule has 2 aromatic carbocycles. The van der Waals surface area contributed by atoms with Crippen LogP contribution >= 0.6 is 0 Å². The molecule has 0 aliphatic rings. The smallest absolute Gasteiger partial charge is 0.325 e. The molecule has 32 heavy (non-hydrogen) atoms. The number of hydrogen-bond donors (Lipinski definition) is 3. The zero-order chi connectivity index (χ0) is 23.1. The molecule has 2 amide bonds. The minimum absolute atomic E-state index is 0.186. The summed E-state index contributed by atoms with van der Waals surface area (Å²) in [7, 11) is 0. The fraction of sp³-hybridized carbons (Fsp3) is 0.208. The van der Waals surface area contributed by atoms with Crippen molar-refractivity contribution in [3.05, 3.63) is 83.7 Å². The molecule has 3 aromatic rings. The second-order valence-electron chi connectivity index (χ2n) is 7.45. The van der Waals surface area contributed by atoms with E-state index in [9.17, 15) is 14.4 Å². The lowest BCUT2D eigenvalue weighted by Crippen LogP contribution is -2.51. The molecule has 8 heteroatoms. The Morgan fingerprint density at radius 2 is 1.56 bits per heavy atom. The summed E-state index contributed by atoms with van der Waals surface area (Å²) in [4.78, 5) is 45.1. The van der Waals surface area contributed by atoms with Crippen molar-refractivity contribution in [2.24, 2.45) is 0 Å². The van der Waals surface area contributed by atoms with Crippen molar-refractivity contribution in [3.8, 4) is 11.4 Å². The zero-order valence-corrected chi connectivity index (χ0v) is 17.8. The second kappa shape index (κ2) is 10.3. The van der Waals surface area contributed by atoms with Crippen LogP contribution in [0.2, 0.25) is 0 Å². The van der Waals surface area contributed by atoms with Crippen molar-refractivity contribution in [1.82, 2.24) is 20.6 Å². The van der Waals surface area contributed by atoms with Crippen LogP contribution in [0.3, 0.4) is 0 Å². The summed E-state index contributed by atoms with van der Waals surface area (Å²) in [6.07, 6.45) is 3.66. The number of carboxylic acids is 1. The van der Waals surface area contributed by atoms with Gasteiger partial charge in [-0.2, -0.15) is 0 Å². The fourth-order valence-corrected chi connectivity index (χ4v) is 2.98. The van der Waals surface area contributed by atoms with E-state index >= 15 is 0 Å². The van der Waals surface area contributed by atoms with Gasteiger partial charge in [0.15, 0.2) is 5.82 Å². The summed E-state index contributed by atoms with van der Waals surface area (Å²) < 4.78 is 0. The first-order chi connectivity index (χ1) is 15.3. The van der Waals surface area contributed by atoms with Crippen molar-refractivity contribution in [1.29, 1.82) is 0 Å². The molecule has 164 valence electrons. The van der Waals surface area contributed by atoms with Gasteiger partial charge in [0.1, 0.15) is 12.1 Å². The van der Waals surface area contributed by atoms with E-state index in [0.29, 0.717) is 11.4 Å². The summed E-state index contributed by atoms with van der Waals surface area (Å²) in [5, 5.41) is 14.2. The summed E-state index contributed by atoms with van der Waals surface area (Å²) in [6.45, 7) is 3.28. The van der Waals surface area contributed by atoms with Crippen LogP contribution in [0.1, 0.15) is 28.4 Å². The Bertz CT molecular complexity index is 1080. The topological polar surface area (TPSA) is 121 Å². The maximum Gasteiger partial charge on any atom is 0.325 e. The van der Waals surface area contributed by atoms with Crippen molar-refractivity contribution in [2.75, 3.05) is 0 Å². The first-order valence-corrected chi connectivity index (χ1v) is 10.1. The highest BCUT2D eigenvalue weighted by molar-refractivity contribution is 5.98. The van der Waals surface area contributed by atoms with E-state index < -0.39 is 29.9 Å². The molecule has 1 aromatic heterocycles. The number of carbonyl (C=O) groups is 3. The normalized spacial score (nSPS) is 12.4. The third-order valence-electron chi connectivity index (χ3n) is 4.82. The van der Waals surface area contributed by atoms with Gasteiger partial charge in [0, 0.05) is 29.9 Å². The van der Waals surface area contributed by atoms with Crippen LogP contribution in [0.5, 0.6) is 0 Å². The number of amides is 2. The number of aromatic nitrogens is 2. The van der Waals surface area contributed by atoms with Crippen LogP contribution in [0.15, 0.2) is 67.0 Å². The first-order valence-electron chi connectivity index (χ1n) is 10.1. The average Bonchev–Trinajstić information content (AvgIpc) is 2.80. The summed E-state index contributed by atoms with van der Waals surface area (Å²) in [5.74, 6) is -1.56. The minimum atomic E-state index is -1.16. The average molecular weight is 432 g/mol. The number of rotatable bonds is 8. The molecule has 0 aliphatic carbocycles. The van der Waals surface area contributed by atoms with E-state index in [1.165, 1.54) is 6.92 Å². The Morgan fingerprint density at radius 1 is 0.938 bits per heavy atom. The number of carbonyl (C=O) groups excluding carboxylic acids is 2. The zero-order valence-electron chi connectivity index (χ0n) is 17.8. The Balaban J connectivity index is 1.77. The number of nitrogens with one attached hydrogen (secondary N) is 2. The van der Waals surface area contributed by atoms with E-state index in [1.54, 1.807) is 42.7 Å². The molecular formula is C24H24N4O4. The van der Waals surface area contributed by atoms with E-state index in [0.717, 1.165) is 16.7 Å². The lowest BCUT2D eigenvalue weighted by molar-refractivity contribution is -0.141. The molecule has 1 heterocycles. The molecule has 0 radical (unpaired) electrons. The van der Waals surface area contributed by atoms with Gasteiger partial charge >= 0.3 is 5.97 Å². The molecule has 8 nitrogen and oxygen atoms in total. The third-order valence-corrected chi connectivity index (χ3v) is 4.82. The highest BCUT2D eigenvalue weighted by atomic mass is 16.4. The van der Waals surface area contributed by atoms with Gasteiger partial charge in [0.2, 0.25) is 5.91 Å². The predicted octanol–water partition coefficient (Wildman–Crippen LogP) is 2.38. The van der Waals surface area contributed by atoms with Gasteiger partial charge in [-0.1, -0.05) is 42.5 Å². The van der Waals surface area contributed by atoms with Gasteiger partial charge in [0.05, 0.1) is 0 Å². The SMILES string of the molecule is Cc1cnc(-c2ccc(CC(NC(=O)c3ccccc3)C(=O)NC(C)C(=O)O)cc2)nc1. The quantitative estimate of drug-likeness (QED) is 0.503. The lowest BCUT2D eigenvalue weighted by Gasteiger charge is -2.20. The van der Waals surface area contributed by atoms with Crippen LogP contribution in [-0.4, -0.2) is 44.9 Å². The molecule has 3 rings (SSSR count). The van der Waals surface area contributed by atoms with Gasteiger partial charge in [-0.3, -0.25) is 14.4 Å². The maximum atomic E-state index is 12.7. The van der Waals surface area contributed by atoms with Crippen LogP contribution in [0, 0.1) is 6.92 Å². The monoisotopic (exact) mass is 432 g/mol. The highest BCUT2D eigenvalue weighted by Gasteiger charge is 2.25. The Morgan fingerprint density at radius 3 is 2.16 bits per heavy atom. The Labute approximate surface area is 185 Å². The highest BCUT2D eigenvalue weighted by Crippen LogP contribution is 2.16. The van der Waals surface area contributed by atoms with Crippen molar-refractivity contribution >= 4 is 17.8 Å². The van der Waals surface area contributed by atoms with Gasteiger partial charge < -0.3 is 15.7 Å². The number of aryl methyl sites for hydroxylation is 1. The molecule has 0 saturated carbocycles. The maximum absolute atomic E-state index is 12.7. The van der Waals surface area contributed by atoms with Crippen LogP contribution in [-0.2, 0) is 16.0 Å². The van der Waals surface area contributed by atoms with E-state index in [4.69, 9.17) is 5.11 Å². The molecule has 0 fully saturated rings. The van der Waals surface area contributed by atoms with Crippen molar-refractivity contribution in [3.63, 3.8) is 0 Å². The lowest BCUT2D eigenvalue weighted by atomic mass is 10.0. The molecule has 2 unspecified atom stereocenters. The number of aliphatic carboxylic acids is 1.